The average Bonchev–Trinajstić information content (AvgIpc) is 2.62. The molecule has 0 saturated heterocycles. The summed E-state index contributed by atoms with van der Waals surface area (Å²) in [5.74, 6) is 1.05. The number of carbonyl (C=O) groups excluding carboxylic acids is 1. The highest BCUT2D eigenvalue weighted by atomic mass is 16.5. The lowest BCUT2D eigenvalue weighted by atomic mass is 10.1. The van der Waals surface area contributed by atoms with Crippen molar-refractivity contribution < 1.29 is 9.53 Å². The van der Waals surface area contributed by atoms with E-state index in [0.717, 1.165) is 5.56 Å². The van der Waals surface area contributed by atoms with Gasteiger partial charge in [0.1, 0.15) is 12.1 Å². The Bertz CT molecular complexity index is 864. The Balaban J connectivity index is 1.85. The molecule has 0 aliphatic heterocycles. The number of aromatic nitrogens is 2. The number of amides is 1. The zero-order valence-electron chi connectivity index (χ0n) is 14.1. The number of para-hydroxylation sites is 1. The maximum Gasteiger partial charge on any atom is 0.251 e. The molecule has 25 heavy (non-hydrogen) atoms. The summed E-state index contributed by atoms with van der Waals surface area (Å²) in [7, 11) is 0. The number of ether oxygens (including phenoxy) is 1. The van der Waals surface area contributed by atoms with Crippen LogP contribution in [0.2, 0.25) is 0 Å². The van der Waals surface area contributed by atoms with Crippen molar-refractivity contribution in [1.29, 1.82) is 0 Å². The van der Waals surface area contributed by atoms with Gasteiger partial charge in [-0.3, -0.25) is 4.79 Å². The second kappa shape index (κ2) is 7.57. The zero-order chi connectivity index (χ0) is 17.6. The van der Waals surface area contributed by atoms with Crippen LogP contribution in [0.15, 0.2) is 67.0 Å². The lowest BCUT2D eigenvalue weighted by molar-refractivity contribution is 0.0943. The highest BCUT2D eigenvalue weighted by Gasteiger charge is 2.10. The van der Waals surface area contributed by atoms with Gasteiger partial charge in [0.25, 0.3) is 5.91 Å². The Labute approximate surface area is 146 Å². The van der Waals surface area contributed by atoms with Gasteiger partial charge in [-0.15, -0.1) is 0 Å². The molecular weight excluding hydrogens is 314 g/mol. The molecule has 2 aromatic carbocycles. The quantitative estimate of drug-likeness (QED) is 0.764. The van der Waals surface area contributed by atoms with Gasteiger partial charge in [-0.25, -0.2) is 9.97 Å². The highest BCUT2D eigenvalue weighted by Crippen LogP contribution is 2.24. The molecule has 0 bridgehead atoms. The highest BCUT2D eigenvalue weighted by molar-refractivity contribution is 5.95. The molecule has 126 valence electrons. The maximum absolute atomic E-state index is 12.2. The molecule has 1 amide bonds. The summed E-state index contributed by atoms with van der Waals surface area (Å²) in [6.45, 7) is 3.86. The Kier molecular flexibility index (Phi) is 5.04. The van der Waals surface area contributed by atoms with Gasteiger partial charge in [-0.05, 0) is 38.1 Å². The third-order valence-electron chi connectivity index (χ3n) is 3.45. The predicted molar refractivity (Wildman–Crippen MR) is 96.6 cm³/mol. The van der Waals surface area contributed by atoms with Gasteiger partial charge in [0.2, 0.25) is 5.88 Å². The van der Waals surface area contributed by atoms with E-state index in [-0.39, 0.29) is 11.9 Å². The van der Waals surface area contributed by atoms with E-state index in [0.29, 0.717) is 22.9 Å². The number of hydrogen-bond donors (Lipinski definition) is 1. The molecule has 0 radical (unpaired) electrons. The van der Waals surface area contributed by atoms with Crippen molar-refractivity contribution in [3.05, 3.63) is 72.6 Å². The lowest BCUT2D eigenvalue weighted by Gasteiger charge is -2.10. The molecule has 0 spiro atoms. The SMILES string of the molecule is CC(C)NC(=O)c1cccc(-c2cc(Oc3ccccc3)ncn2)c1. The summed E-state index contributed by atoms with van der Waals surface area (Å²) in [6.07, 6.45) is 1.45. The normalized spacial score (nSPS) is 10.5. The van der Waals surface area contributed by atoms with Gasteiger partial charge in [-0.1, -0.05) is 30.3 Å². The molecule has 3 aromatic rings. The molecule has 0 atom stereocenters. The van der Waals surface area contributed by atoms with Crippen LogP contribution in [-0.4, -0.2) is 21.9 Å². The summed E-state index contributed by atoms with van der Waals surface area (Å²) in [5, 5.41) is 2.89. The van der Waals surface area contributed by atoms with Crippen LogP contribution in [0.25, 0.3) is 11.3 Å². The Morgan fingerprint density at radius 3 is 2.56 bits per heavy atom. The minimum Gasteiger partial charge on any atom is -0.439 e. The van der Waals surface area contributed by atoms with Gasteiger partial charge in [-0.2, -0.15) is 0 Å². The van der Waals surface area contributed by atoms with Crippen LogP contribution in [0.5, 0.6) is 11.6 Å². The van der Waals surface area contributed by atoms with Crippen LogP contribution in [0.3, 0.4) is 0 Å². The summed E-state index contributed by atoms with van der Waals surface area (Å²) in [5.41, 5.74) is 2.12. The van der Waals surface area contributed by atoms with Crippen LogP contribution < -0.4 is 10.1 Å². The zero-order valence-corrected chi connectivity index (χ0v) is 14.1. The monoisotopic (exact) mass is 333 g/mol. The van der Waals surface area contributed by atoms with Crippen LogP contribution >= 0.6 is 0 Å². The van der Waals surface area contributed by atoms with E-state index in [2.05, 4.69) is 15.3 Å². The average molecular weight is 333 g/mol. The van der Waals surface area contributed by atoms with Crippen LogP contribution in [0, 0.1) is 0 Å². The molecule has 3 rings (SSSR count). The van der Waals surface area contributed by atoms with Crippen molar-refractivity contribution in [3.63, 3.8) is 0 Å². The first-order valence-electron chi connectivity index (χ1n) is 8.08. The van der Waals surface area contributed by atoms with E-state index in [9.17, 15) is 4.79 Å². The molecule has 0 aliphatic carbocycles. The fraction of sp³-hybridized carbons (Fsp3) is 0.150. The van der Waals surface area contributed by atoms with Gasteiger partial charge in [0.05, 0.1) is 5.69 Å². The number of nitrogens with one attached hydrogen (secondary N) is 1. The van der Waals surface area contributed by atoms with E-state index < -0.39 is 0 Å². The van der Waals surface area contributed by atoms with E-state index >= 15 is 0 Å². The standard InChI is InChI=1S/C20H19N3O2/c1-14(2)23-20(24)16-8-6-7-15(11-16)18-12-19(22-13-21-18)25-17-9-4-3-5-10-17/h3-14H,1-2H3,(H,23,24). The van der Waals surface area contributed by atoms with Crippen molar-refractivity contribution >= 4 is 5.91 Å². The Morgan fingerprint density at radius 2 is 1.80 bits per heavy atom. The topological polar surface area (TPSA) is 64.1 Å². The minimum atomic E-state index is -0.105. The summed E-state index contributed by atoms with van der Waals surface area (Å²) >= 11 is 0. The van der Waals surface area contributed by atoms with Gasteiger partial charge in [0, 0.05) is 23.2 Å². The van der Waals surface area contributed by atoms with Crippen molar-refractivity contribution in [3.8, 4) is 22.9 Å². The Morgan fingerprint density at radius 1 is 1.00 bits per heavy atom. The predicted octanol–water partition coefficient (Wildman–Crippen LogP) is 4.07. The molecule has 0 fully saturated rings. The van der Waals surface area contributed by atoms with Crippen molar-refractivity contribution in [2.75, 3.05) is 0 Å². The van der Waals surface area contributed by atoms with E-state index in [1.54, 1.807) is 12.1 Å². The maximum atomic E-state index is 12.2. The lowest BCUT2D eigenvalue weighted by Crippen LogP contribution is -2.30. The van der Waals surface area contributed by atoms with E-state index in [1.807, 2.05) is 62.4 Å². The summed E-state index contributed by atoms with van der Waals surface area (Å²) in [6, 6.07) is 18.6. The van der Waals surface area contributed by atoms with Crippen molar-refractivity contribution in [1.82, 2.24) is 15.3 Å². The number of hydrogen-bond acceptors (Lipinski definition) is 4. The molecule has 0 saturated carbocycles. The van der Waals surface area contributed by atoms with E-state index in [1.165, 1.54) is 6.33 Å². The summed E-state index contributed by atoms with van der Waals surface area (Å²) in [4.78, 5) is 20.6. The first kappa shape index (κ1) is 16.6. The summed E-state index contributed by atoms with van der Waals surface area (Å²) < 4.78 is 5.74. The minimum absolute atomic E-state index is 0.0843. The van der Waals surface area contributed by atoms with Crippen LogP contribution in [0.4, 0.5) is 0 Å². The van der Waals surface area contributed by atoms with Crippen molar-refractivity contribution in [2.24, 2.45) is 0 Å². The van der Waals surface area contributed by atoms with Crippen LogP contribution in [-0.2, 0) is 0 Å². The molecule has 5 nitrogen and oxygen atoms in total. The second-order valence-corrected chi connectivity index (χ2v) is 5.87. The number of nitrogens with zero attached hydrogens (tertiary/aromatic N) is 2. The smallest absolute Gasteiger partial charge is 0.251 e. The molecule has 0 aliphatic rings. The second-order valence-electron chi connectivity index (χ2n) is 5.87. The third kappa shape index (κ3) is 4.41. The molecule has 0 unspecified atom stereocenters. The molecule has 1 N–H and O–H groups in total. The molecule has 1 aromatic heterocycles. The third-order valence-corrected chi connectivity index (χ3v) is 3.45. The fourth-order valence-corrected chi connectivity index (χ4v) is 2.33. The fourth-order valence-electron chi connectivity index (χ4n) is 2.33. The van der Waals surface area contributed by atoms with Crippen molar-refractivity contribution in [2.45, 2.75) is 19.9 Å². The first-order chi connectivity index (χ1) is 12.1. The molecular formula is C20H19N3O2. The van der Waals surface area contributed by atoms with Gasteiger partial charge in [0.15, 0.2) is 0 Å². The first-order valence-corrected chi connectivity index (χ1v) is 8.08. The number of rotatable bonds is 5. The number of carbonyl (C=O) groups is 1. The van der Waals surface area contributed by atoms with Crippen LogP contribution in [0.1, 0.15) is 24.2 Å². The Hall–Kier alpha value is -3.21. The van der Waals surface area contributed by atoms with E-state index in [4.69, 9.17) is 4.74 Å². The van der Waals surface area contributed by atoms with Gasteiger partial charge < -0.3 is 10.1 Å². The number of benzene rings is 2. The molecule has 1 heterocycles. The van der Waals surface area contributed by atoms with Gasteiger partial charge >= 0.3 is 0 Å². The largest absolute Gasteiger partial charge is 0.439 e. The molecule has 5 heteroatoms.